The van der Waals surface area contributed by atoms with Crippen LogP contribution in [0.5, 0.6) is 0 Å². The molecule has 3 atom stereocenters. The van der Waals surface area contributed by atoms with Gasteiger partial charge >= 0.3 is 0 Å². The van der Waals surface area contributed by atoms with Crippen LogP contribution in [0.3, 0.4) is 0 Å². The second-order valence-corrected chi connectivity index (χ2v) is 5.29. The molecule has 0 spiro atoms. The molecule has 0 amide bonds. The highest BCUT2D eigenvalue weighted by atomic mass is 32.2. The molecule has 0 N–H and O–H groups in total. The van der Waals surface area contributed by atoms with E-state index in [1.165, 1.54) is 4.90 Å². The first-order valence-corrected chi connectivity index (χ1v) is 6.22. The van der Waals surface area contributed by atoms with Crippen molar-refractivity contribution in [3.8, 4) is 0 Å². The van der Waals surface area contributed by atoms with E-state index in [1.54, 1.807) is 11.8 Å². The molecule has 2 aliphatic heterocycles. The summed E-state index contributed by atoms with van der Waals surface area (Å²) in [5.41, 5.74) is 0. The minimum absolute atomic E-state index is 0.0629. The Morgan fingerprint density at radius 3 is 2.88 bits per heavy atom. The van der Waals surface area contributed by atoms with Gasteiger partial charge in [0.2, 0.25) is 6.29 Å². The number of thioether (sulfide) groups is 1. The molecule has 0 aliphatic carbocycles. The van der Waals surface area contributed by atoms with Crippen LogP contribution < -0.4 is 0 Å². The van der Waals surface area contributed by atoms with Crippen LogP contribution in [-0.4, -0.2) is 30.0 Å². The smallest absolute Gasteiger partial charge is 0.218 e. The average molecular weight is 236 g/mol. The van der Waals surface area contributed by atoms with Crippen molar-refractivity contribution in [2.45, 2.75) is 29.0 Å². The summed E-state index contributed by atoms with van der Waals surface area (Å²) < 4.78 is 10.8. The molecule has 0 aromatic heterocycles. The first-order valence-electron chi connectivity index (χ1n) is 5.34. The highest BCUT2D eigenvalue weighted by Crippen LogP contribution is 2.36. The van der Waals surface area contributed by atoms with Gasteiger partial charge in [0, 0.05) is 16.6 Å². The van der Waals surface area contributed by atoms with E-state index in [0.29, 0.717) is 13.0 Å². The quantitative estimate of drug-likeness (QED) is 0.785. The fraction of sp³-hybridized carbons (Fsp3) is 0.417. The van der Waals surface area contributed by atoms with Crippen molar-refractivity contribution < 1.29 is 14.3 Å². The van der Waals surface area contributed by atoms with Crippen LogP contribution in [0.25, 0.3) is 0 Å². The maximum atomic E-state index is 11.6. The van der Waals surface area contributed by atoms with E-state index in [4.69, 9.17) is 9.47 Å². The fourth-order valence-corrected chi connectivity index (χ4v) is 3.21. The van der Waals surface area contributed by atoms with E-state index in [2.05, 4.69) is 12.1 Å². The summed E-state index contributed by atoms with van der Waals surface area (Å²) in [5, 5.41) is 0.189. The molecule has 1 aromatic carbocycles. The van der Waals surface area contributed by atoms with Gasteiger partial charge in [-0.05, 0) is 12.1 Å². The van der Waals surface area contributed by atoms with Crippen molar-refractivity contribution >= 4 is 17.5 Å². The summed E-state index contributed by atoms with van der Waals surface area (Å²) in [4.78, 5) is 12.8. The second-order valence-electron chi connectivity index (χ2n) is 3.98. The number of ketones is 1. The molecule has 3 rings (SSSR count). The monoisotopic (exact) mass is 236 g/mol. The zero-order valence-electron chi connectivity index (χ0n) is 8.67. The lowest BCUT2D eigenvalue weighted by Crippen LogP contribution is -2.37. The number of Topliss-reactive ketones (excluding diaryl/α,β-unsaturated/α-hetero) is 1. The predicted molar refractivity (Wildman–Crippen MR) is 60.3 cm³/mol. The normalized spacial score (nSPS) is 33.0. The maximum absolute atomic E-state index is 11.6. The summed E-state index contributed by atoms with van der Waals surface area (Å²) in [6.45, 7) is 0.543. The molecule has 0 unspecified atom stereocenters. The van der Waals surface area contributed by atoms with Gasteiger partial charge < -0.3 is 9.47 Å². The second kappa shape index (κ2) is 4.20. The number of hydrogen-bond acceptors (Lipinski definition) is 4. The number of ether oxygens (including phenoxy) is 2. The summed E-state index contributed by atoms with van der Waals surface area (Å²) in [7, 11) is 0. The van der Waals surface area contributed by atoms with Crippen LogP contribution in [0, 0.1) is 0 Å². The Morgan fingerprint density at radius 1 is 1.25 bits per heavy atom. The molecule has 3 nitrogen and oxygen atoms in total. The molecule has 0 radical (unpaired) electrons. The minimum atomic E-state index is -0.586. The van der Waals surface area contributed by atoms with Crippen LogP contribution in [0.4, 0.5) is 0 Å². The minimum Gasteiger partial charge on any atom is -0.343 e. The summed E-state index contributed by atoms with van der Waals surface area (Å²) in [6.07, 6.45) is 0.0278. The lowest BCUT2D eigenvalue weighted by molar-refractivity contribution is -0.151. The van der Waals surface area contributed by atoms with Gasteiger partial charge in [-0.1, -0.05) is 18.2 Å². The van der Waals surface area contributed by atoms with Crippen molar-refractivity contribution in [2.75, 3.05) is 6.61 Å². The van der Waals surface area contributed by atoms with Gasteiger partial charge in [0.1, 0.15) is 0 Å². The molecule has 2 heterocycles. The van der Waals surface area contributed by atoms with Gasteiger partial charge in [-0.3, -0.25) is 4.79 Å². The van der Waals surface area contributed by atoms with Crippen molar-refractivity contribution in [3.63, 3.8) is 0 Å². The molecule has 4 heteroatoms. The maximum Gasteiger partial charge on any atom is 0.218 e. The first-order chi connectivity index (χ1) is 7.83. The lowest BCUT2D eigenvalue weighted by atomic mass is 10.1. The third-order valence-electron chi connectivity index (χ3n) is 2.82. The van der Waals surface area contributed by atoms with E-state index in [9.17, 15) is 4.79 Å². The Labute approximate surface area is 98.1 Å². The molecule has 2 fully saturated rings. The molecule has 16 heavy (non-hydrogen) atoms. The summed E-state index contributed by atoms with van der Waals surface area (Å²) in [5.74, 6) is 0.0715. The van der Waals surface area contributed by atoms with E-state index < -0.39 is 6.29 Å². The molecule has 1 aromatic rings. The van der Waals surface area contributed by atoms with E-state index in [0.717, 1.165) is 0 Å². The van der Waals surface area contributed by atoms with Gasteiger partial charge in [-0.2, -0.15) is 0 Å². The average Bonchev–Trinajstić information content (AvgIpc) is 2.73. The standard InChI is InChI=1S/C12H12O3S/c13-9-6-11(10-7-14-12(9)15-10)16-8-4-2-1-3-5-8/h1-5,10-12H,6-7H2/t10-,11+,12+/m1/s1. The predicted octanol–water partition coefficient (Wildman–Crippen LogP) is 1.86. The van der Waals surface area contributed by atoms with Gasteiger partial charge in [-0.15, -0.1) is 11.8 Å². The molecule has 0 saturated carbocycles. The number of rotatable bonds is 2. The van der Waals surface area contributed by atoms with E-state index in [1.807, 2.05) is 18.2 Å². The topological polar surface area (TPSA) is 35.5 Å². The van der Waals surface area contributed by atoms with Gasteiger partial charge in [0.05, 0.1) is 12.7 Å². The Bertz CT molecular complexity index is 393. The van der Waals surface area contributed by atoms with Gasteiger partial charge in [-0.25, -0.2) is 0 Å². The summed E-state index contributed by atoms with van der Waals surface area (Å²) in [6, 6.07) is 10.1. The number of benzene rings is 1. The van der Waals surface area contributed by atoms with Crippen molar-refractivity contribution in [2.24, 2.45) is 0 Å². The third-order valence-corrected chi connectivity index (χ3v) is 4.14. The number of fused-ring (bicyclic) bond motifs is 2. The van der Waals surface area contributed by atoms with E-state index in [-0.39, 0.29) is 17.1 Å². The number of hydrogen-bond donors (Lipinski definition) is 0. The largest absolute Gasteiger partial charge is 0.343 e. The first kappa shape index (κ1) is 10.3. The van der Waals surface area contributed by atoms with Crippen LogP contribution in [0.1, 0.15) is 6.42 Å². The van der Waals surface area contributed by atoms with Gasteiger partial charge in [0.15, 0.2) is 5.78 Å². The van der Waals surface area contributed by atoms with Crippen LogP contribution in [-0.2, 0) is 14.3 Å². The zero-order valence-corrected chi connectivity index (χ0v) is 9.48. The van der Waals surface area contributed by atoms with Crippen molar-refractivity contribution in [1.29, 1.82) is 0 Å². The summed E-state index contributed by atoms with van der Waals surface area (Å²) >= 11 is 1.70. The molecule has 84 valence electrons. The highest BCUT2D eigenvalue weighted by molar-refractivity contribution is 8.00. The van der Waals surface area contributed by atoms with Crippen LogP contribution in [0.2, 0.25) is 0 Å². The molecular weight excluding hydrogens is 224 g/mol. The van der Waals surface area contributed by atoms with Gasteiger partial charge in [0.25, 0.3) is 0 Å². The molecule has 2 aliphatic rings. The van der Waals surface area contributed by atoms with Crippen molar-refractivity contribution in [1.82, 2.24) is 0 Å². The van der Waals surface area contributed by atoms with Crippen LogP contribution >= 0.6 is 11.8 Å². The lowest BCUT2D eigenvalue weighted by Gasteiger charge is -2.25. The molecular formula is C12H12O3S. The molecule has 2 bridgehead atoms. The van der Waals surface area contributed by atoms with Crippen LogP contribution in [0.15, 0.2) is 35.2 Å². The number of carbonyl (C=O) groups is 1. The Morgan fingerprint density at radius 2 is 2.06 bits per heavy atom. The van der Waals surface area contributed by atoms with Crippen molar-refractivity contribution in [3.05, 3.63) is 30.3 Å². The highest BCUT2D eigenvalue weighted by Gasteiger charge is 2.43. The van der Waals surface area contributed by atoms with E-state index >= 15 is 0 Å². The SMILES string of the molecule is O=C1C[C@H](Sc2ccccc2)[C@H]2CO[C@H]1O2. The fourth-order valence-electron chi connectivity index (χ4n) is 2.00. The number of carbonyl (C=O) groups excluding carboxylic acids is 1. The molecule has 2 saturated heterocycles. The Kier molecular flexibility index (Phi) is 2.71. The zero-order chi connectivity index (χ0) is 11.0. The Balaban J connectivity index is 1.73. The Hall–Kier alpha value is -0.840. The third kappa shape index (κ3) is 1.88.